The van der Waals surface area contributed by atoms with Gasteiger partial charge < -0.3 is 15.0 Å². The first-order valence-corrected chi connectivity index (χ1v) is 4.89. The Balaban J connectivity index is 2.32. The Morgan fingerprint density at radius 2 is 2.38 bits per heavy atom. The second-order valence-corrected chi connectivity index (χ2v) is 3.79. The molecular formula is C9H11NO2S. The van der Waals surface area contributed by atoms with Gasteiger partial charge in [0.15, 0.2) is 0 Å². The van der Waals surface area contributed by atoms with Crippen molar-refractivity contribution in [2.24, 2.45) is 5.73 Å². The van der Waals surface area contributed by atoms with Gasteiger partial charge in [0.2, 0.25) is 0 Å². The standard InChI is InChI=1S/C9H11NO2S/c10-7-3-6-4-8(13-11)1-2-9(6)12-5-7/h1-2,4,7,11H,3,5,10H2. The molecule has 0 amide bonds. The van der Waals surface area contributed by atoms with Crippen LogP contribution in [-0.4, -0.2) is 17.2 Å². The van der Waals surface area contributed by atoms with Crippen LogP contribution in [0.1, 0.15) is 5.56 Å². The minimum absolute atomic E-state index is 0.0754. The summed E-state index contributed by atoms with van der Waals surface area (Å²) < 4.78 is 14.3. The van der Waals surface area contributed by atoms with Gasteiger partial charge >= 0.3 is 0 Å². The molecule has 0 spiro atoms. The molecule has 0 saturated carbocycles. The predicted octanol–water partition coefficient (Wildman–Crippen LogP) is 1.51. The molecule has 1 aromatic rings. The molecule has 1 aromatic carbocycles. The number of rotatable bonds is 1. The van der Waals surface area contributed by atoms with Crippen molar-refractivity contribution >= 4 is 12.0 Å². The molecule has 0 aliphatic carbocycles. The van der Waals surface area contributed by atoms with Crippen molar-refractivity contribution in [1.82, 2.24) is 0 Å². The summed E-state index contributed by atoms with van der Waals surface area (Å²) in [4.78, 5) is 0.830. The van der Waals surface area contributed by atoms with Crippen molar-refractivity contribution in [3.63, 3.8) is 0 Å². The number of nitrogens with two attached hydrogens (primary N) is 1. The maximum atomic E-state index is 8.85. The molecule has 2 rings (SSSR count). The maximum absolute atomic E-state index is 8.85. The first-order chi connectivity index (χ1) is 6.29. The molecule has 1 heterocycles. The lowest BCUT2D eigenvalue weighted by Crippen LogP contribution is -2.33. The molecule has 0 saturated heterocycles. The van der Waals surface area contributed by atoms with E-state index in [1.165, 1.54) is 0 Å². The number of benzene rings is 1. The Bertz CT molecular complexity index is 316. The Hall–Kier alpha value is -0.710. The van der Waals surface area contributed by atoms with Gasteiger partial charge in [-0.3, -0.25) is 0 Å². The molecule has 1 unspecified atom stereocenters. The van der Waals surface area contributed by atoms with E-state index in [-0.39, 0.29) is 6.04 Å². The molecular weight excluding hydrogens is 186 g/mol. The van der Waals surface area contributed by atoms with Crippen LogP contribution in [0.4, 0.5) is 0 Å². The van der Waals surface area contributed by atoms with E-state index in [0.29, 0.717) is 6.61 Å². The second kappa shape index (κ2) is 3.57. The zero-order valence-electron chi connectivity index (χ0n) is 7.06. The van der Waals surface area contributed by atoms with Crippen LogP contribution < -0.4 is 10.5 Å². The Morgan fingerprint density at radius 1 is 1.54 bits per heavy atom. The van der Waals surface area contributed by atoms with E-state index >= 15 is 0 Å². The largest absolute Gasteiger partial charge is 0.492 e. The summed E-state index contributed by atoms with van der Waals surface area (Å²) in [6.45, 7) is 0.582. The van der Waals surface area contributed by atoms with Gasteiger partial charge in [-0.25, -0.2) is 0 Å². The number of hydrogen-bond acceptors (Lipinski definition) is 4. The third-order valence-corrected chi connectivity index (χ3v) is 2.54. The first-order valence-electron chi connectivity index (χ1n) is 4.12. The third kappa shape index (κ3) is 1.80. The average molecular weight is 197 g/mol. The SMILES string of the molecule is NC1COc2ccc(SO)cc2C1. The Labute approximate surface area is 81.1 Å². The van der Waals surface area contributed by atoms with Gasteiger partial charge in [0.25, 0.3) is 0 Å². The van der Waals surface area contributed by atoms with E-state index in [4.69, 9.17) is 15.0 Å². The Kier molecular flexibility index (Phi) is 2.44. The van der Waals surface area contributed by atoms with Crippen LogP contribution in [0, 0.1) is 0 Å². The quantitative estimate of drug-likeness (QED) is 0.670. The molecule has 0 radical (unpaired) electrons. The topological polar surface area (TPSA) is 55.5 Å². The van der Waals surface area contributed by atoms with Gasteiger partial charge in [-0.05, 0) is 30.2 Å². The lowest BCUT2D eigenvalue weighted by molar-refractivity contribution is 0.263. The summed E-state index contributed by atoms with van der Waals surface area (Å²) in [7, 11) is 0. The molecule has 0 fully saturated rings. The summed E-state index contributed by atoms with van der Waals surface area (Å²) in [6.07, 6.45) is 0.823. The zero-order chi connectivity index (χ0) is 9.26. The van der Waals surface area contributed by atoms with Crippen molar-refractivity contribution in [3.8, 4) is 5.75 Å². The molecule has 1 atom stereocenters. The van der Waals surface area contributed by atoms with Crippen molar-refractivity contribution in [2.75, 3.05) is 6.61 Å². The fraction of sp³-hybridized carbons (Fsp3) is 0.333. The lowest BCUT2D eigenvalue weighted by Gasteiger charge is -2.22. The fourth-order valence-electron chi connectivity index (χ4n) is 1.45. The van der Waals surface area contributed by atoms with Crippen LogP contribution in [0.2, 0.25) is 0 Å². The first kappa shape index (κ1) is 8.87. The van der Waals surface area contributed by atoms with Crippen LogP contribution >= 0.6 is 12.0 Å². The van der Waals surface area contributed by atoms with Crippen molar-refractivity contribution in [1.29, 1.82) is 0 Å². The molecule has 4 heteroatoms. The summed E-state index contributed by atoms with van der Waals surface area (Å²) in [6, 6.07) is 5.70. The zero-order valence-corrected chi connectivity index (χ0v) is 7.88. The van der Waals surface area contributed by atoms with Crippen molar-refractivity contribution in [2.45, 2.75) is 17.4 Å². The van der Waals surface area contributed by atoms with E-state index in [0.717, 1.165) is 34.7 Å². The number of ether oxygens (including phenoxy) is 1. The van der Waals surface area contributed by atoms with Gasteiger partial charge in [0, 0.05) is 23.0 Å². The van der Waals surface area contributed by atoms with Crippen LogP contribution in [0.3, 0.4) is 0 Å². The second-order valence-electron chi connectivity index (χ2n) is 3.14. The molecule has 1 aliphatic rings. The predicted molar refractivity (Wildman–Crippen MR) is 52.1 cm³/mol. The van der Waals surface area contributed by atoms with Gasteiger partial charge in [-0.15, -0.1) is 0 Å². The molecule has 1 aliphatic heterocycles. The fourth-order valence-corrected chi connectivity index (χ4v) is 1.78. The molecule has 0 aromatic heterocycles. The normalized spacial score (nSPS) is 20.6. The molecule has 3 N–H and O–H groups in total. The lowest BCUT2D eigenvalue weighted by atomic mass is 10.0. The number of hydrogen-bond donors (Lipinski definition) is 2. The summed E-state index contributed by atoms with van der Waals surface area (Å²) in [5.74, 6) is 0.888. The van der Waals surface area contributed by atoms with E-state index in [1.807, 2.05) is 18.2 Å². The molecule has 0 bridgehead atoms. The highest BCUT2D eigenvalue weighted by atomic mass is 32.2. The maximum Gasteiger partial charge on any atom is 0.122 e. The third-order valence-electron chi connectivity index (χ3n) is 2.07. The minimum Gasteiger partial charge on any atom is -0.492 e. The Morgan fingerprint density at radius 3 is 3.15 bits per heavy atom. The number of fused-ring (bicyclic) bond motifs is 1. The average Bonchev–Trinajstić information content (AvgIpc) is 2.16. The highest BCUT2D eigenvalue weighted by Gasteiger charge is 2.16. The highest BCUT2D eigenvalue weighted by molar-refractivity contribution is 7.93. The summed E-state index contributed by atoms with van der Waals surface area (Å²) in [5.41, 5.74) is 6.83. The van der Waals surface area contributed by atoms with E-state index in [9.17, 15) is 0 Å². The molecule has 3 nitrogen and oxygen atoms in total. The molecule has 13 heavy (non-hydrogen) atoms. The van der Waals surface area contributed by atoms with Gasteiger partial charge in [-0.2, -0.15) is 0 Å². The van der Waals surface area contributed by atoms with Crippen LogP contribution in [0.15, 0.2) is 23.1 Å². The van der Waals surface area contributed by atoms with Gasteiger partial charge in [0.05, 0.1) is 0 Å². The van der Waals surface area contributed by atoms with E-state index in [1.54, 1.807) is 0 Å². The van der Waals surface area contributed by atoms with E-state index in [2.05, 4.69) is 0 Å². The van der Waals surface area contributed by atoms with Crippen LogP contribution in [0.25, 0.3) is 0 Å². The van der Waals surface area contributed by atoms with Crippen molar-refractivity contribution < 1.29 is 9.29 Å². The van der Waals surface area contributed by atoms with Crippen LogP contribution in [-0.2, 0) is 6.42 Å². The molecule has 70 valence electrons. The summed E-state index contributed by atoms with van der Waals surface area (Å²) >= 11 is 0.746. The summed E-state index contributed by atoms with van der Waals surface area (Å²) in [5, 5.41) is 0. The minimum atomic E-state index is 0.0754. The van der Waals surface area contributed by atoms with E-state index < -0.39 is 0 Å². The van der Waals surface area contributed by atoms with Crippen molar-refractivity contribution in [3.05, 3.63) is 23.8 Å². The highest BCUT2D eigenvalue weighted by Crippen LogP contribution is 2.28. The van der Waals surface area contributed by atoms with Gasteiger partial charge in [0.1, 0.15) is 12.4 Å². The smallest absolute Gasteiger partial charge is 0.122 e. The monoisotopic (exact) mass is 197 g/mol. The van der Waals surface area contributed by atoms with Gasteiger partial charge in [-0.1, -0.05) is 0 Å². The van der Waals surface area contributed by atoms with Crippen LogP contribution in [0.5, 0.6) is 5.75 Å².